The smallest absolute Gasteiger partial charge is 0.175 e. The van der Waals surface area contributed by atoms with E-state index in [0.29, 0.717) is 11.3 Å². The summed E-state index contributed by atoms with van der Waals surface area (Å²) in [6.07, 6.45) is 0. The number of benzene rings is 1. The fourth-order valence-corrected chi connectivity index (χ4v) is 1.61. The highest BCUT2D eigenvalue weighted by Crippen LogP contribution is 2.38. The fourth-order valence-electron chi connectivity index (χ4n) is 1.12. The normalized spacial score (nSPS) is 12.6. The zero-order chi connectivity index (χ0) is 10.0. The Labute approximate surface area is 85.6 Å². The zero-order valence-electron chi connectivity index (χ0n) is 7.54. The summed E-state index contributed by atoms with van der Waals surface area (Å²) >= 11 is 3.26. The minimum atomic E-state index is -0.206. The van der Waals surface area contributed by atoms with Gasteiger partial charge in [-0.3, -0.25) is 0 Å². The van der Waals surface area contributed by atoms with Crippen LogP contribution < -0.4 is 10.5 Å². The van der Waals surface area contributed by atoms with E-state index in [9.17, 15) is 5.11 Å². The Hall–Kier alpha value is -0.740. The van der Waals surface area contributed by atoms with E-state index in [1.165, 1.54) is 7.11 Å². The first-order valence-corrected chi connectivity index (χ1v) is 4.68. The molecule has 4 heteroatoms. The lowest BCUT2D eigenvalue weighted by molar-refractivity contribution is 0.367. The summed E-state index contributed by atoms with van der Waals surface area (Å²) in [6, 6.07) is 3.37. The Bertz CT molecular complexity index is 313. The third-order valence-electron chi connectivity index (χ3n) is 1.81. The molecular formula is C9H12BrNO2. The number of hydrogen-bond acceptors (Lipinski definition) is 3. The second-order valence-electron chi connectivity index (χ2n) is 2.81. The molecule has 1 aromatic carbocycles. The predicted octanol–water partition coefficient (Wildman–Crippen LogP) is 2.18. The first-order chi connectivity index (χ1) is 6.07. The Kier molecular flexibility index (Phi) is 3.17. The highest BCUT2D eigenvalue weighted by molar-refractivity contribution is 9.10. The van der Waals surface area contributed by atoms with Gasteiger partial charge in [0.05, 0.1) is 11.6 Å². The van der Waals surface area contributed by atoms with E-state index in [4.69, 9.17) is 10.5 Å². The molecule has 0 saturated heterocycles. The number of ether oxygens (including phenoxy) is 1. The standard InChI is InChI=1S/C9H12BrNO2/c1-5(11)6-3-4-7(10)9(13-2)8(6)12/h3-5,12H,11H2,1-2H3. The summed E-state index contributed by atoms with van der Waals surface area (Å²) in [5.74, 6) is 0.529. The van der Waals surface area contributed by atoms with Crippen LogP contribution in [-0.4, -0.2) is 12.2 Å². The number of nitrogens with two attached hydrogens (primary N) is 1. The van der Waals surface area contributed by atoms with Gasteiger partial charge in [0.1, 0.15) is 0 Å². The Balaban J connectivity index is 3.27. The molecule has 0 saturated carbocycles. The van der Waals surface area contributed by atoms with Crippen LogP contribution in [0.25, 0.3) is 0 Å². The molecule has 1 atom stereocenters. The quantitative estimate of drug-likeness (QED) is 0.840. The molecule has 72 valence electrons. The van der Waals surface area contributed by atoms with Gasteiger partial charge in [0.25, 0.3) is 0 Å². The molecule has 0 heterocycles. The van der Waals surface area contributed by atoms with Crippen LogP contribution in [0, 0.1) is 0 Å². The molecule has 1 aromatic rings. The number of phenols is 1. The highest BCUT2D eigenvalue weighted by atomic mass is 79.9. The summed E-state index contributed by atoms with van der Waals surface area (Å²) in [5.41, 5.74) is 6.34. The number of halogens is 1. The van der Waals surface area contributed by atoms with Crippen molar-refractivity contribution in [3.8, 4) is 11.5 Å². The number of phenolic OH excluding ortho intramolecular Hbond substituents is 1. The summed E-state index contributed by atoms with van der Waals surface area (Å²) in [7, 11) is 1.50. The van der Waals surface area contributed by atoms with Crippen molar-refractivity contribution in [3.63, 3.8) is 0 Å². The van der Waals surface area contributed by atoms with Gasteiger partial charge in [0, 0.05) is 11.6 Å². The third kappa shape index (κ3) is 1.95. The zero-order valence-corrected chi connectivity index (χ0v) is 9.13. The number of hydrogen-bond donors (Lipinski definition) is 2. The number of methoxy groups -OCH3 is 1. The lowest BCUT2D eigenvalue weighted by Crippen LogP contribution is -2.05. The highest BCUT2D eigenvalue weighted by Gasteiger charge is 2.13. The maximum Gasteiger partial charge on any atom is 0.175 e. The van der Waals surface area contributed by atoms with Crippen molar-refractivity contribution >= 4 is 15.9 Å². The van der Waals surface area contributed by atoms with Gasteiger partial charge in [-0.1, -0.05) is 6.07 Å². The largest absolute Gasteiger partial charge is 0.504 e. The van der Waals surface area contributed by atoms with Crippen LogP contribution in [-0.2, 0) is 0 Å². The van der Waals surface area contributed by atoms with Crippen LogP contribution >= 0.6 is 15.9 Å². The summed E-state index contributed by atoms with van der Waals surface area (Å²) in [6.45, 7) is 1.81. The molecule has 0 aliphatic heterocycles. The second-order valence-corrected chi connectivity index (χ2v) is 3.66. The van der Waals surface area contributed by atoms with E-state index in [2.05, 4.69) is 15.9 Å². The van der Waals surface area contributed by atoms with Crippen molar-refractivity contribution in [2.45, 2.75) is 13.0 Å². The van der Waals surface area contributed by atoms with Gasteiger partial charge in [0.15, 0.2) is 11.5 Å². The maximum atomic E-state index is 9.71. The first kappa shape index (κ1) is 10.3. The minimum Gasteiger partial charge on any atom is -0.504 e. The van der Waals surface area contributed by atoms with E-state index < -0.39 is 0 Å². The van der Waals surface area contributed by atoms with Gasteiger partial charge in [-0.15, -0.1) is 0 Å². The first-order valence-electron chi connectivity index (χ1n) is 3.89. The van der Waals surface area contributed by atoms with E-state index in [1.807, 2.05) is 6.92 Å². The van der Waals surface area contributed by atoms with Crippen LogP contribution in [0.5, 0.6) is 11.5 Å². The predicted molar refractivity (Wildman–Crippen MR) is 55.0 cm³/mol. The molecule has 0 radical (unpaired) electrons. The second kappa shape index (κ2) is 3.98. The average molecular weight is 246 g/mol. The monoisotopic (exact) mass is 245 g/mol. The van der Waals surface area contributed by atoms with Crippen molar-refractivity contribution in [2.75, 3.05) is 7.11 Å². The molecule has 0 aliphatic carbocycles. The van der Waals surface area contributed by atoms with Crippen molar-refractivity contribution in [1.29, 1.82) is 0 Å². The van der Waals surface area contributed by atoms with E-state index >= 15 is 0 Å². The molecule has 0 aliphatic rings. The molecule has 3 nitrogen and oxygen atoms in total. The van der Waals surface area contributed by atoms with Crippen molar-refractivity contribution in [2.24, 2.45) is 5.73 Å². The minimum absolute atomic E-state index is 0.104. The molecule has 1 unspecified atom stereocenters. The van der Waals surface area contributed by atoms with Gasteiger partial charge in [0.2, 0.25) is 0 Å². The van der Waals surface area contributed by atoms with Gasteiger partial charge >= 0.3 is 0 Å². The Morgan fingerprint density at radius 2 is 2.15 bits per heavy atom. The van der Waals surface area contributed by atoms with Crippen LogP contribution in [0.15, 0.2) is 16.6 Å². The van der Waals surface area contributed by atoms with Crippen molar-refractivity contribution in [3.05, 3.63) is 22.2 Å². The fraction of sp³-hybridized carbons (Fsp3) is 0.333. The van der Waals surface area contributed by atoms with Crippen LogP contribution in [0.4, 0.5) is 0 Å². The van der Waals surface area contributed by atoms with Crippen molar-refractivity contribution < 1.29 is 9.84 Å². The summed E-state index contributed by atoms with van der Waals surface area (Å²) in [4.78, 5) is 0. The number of aromatic hydroxyl groups is 1. The SMILES string of the molecule is COc1c(Br)ccc(C(C)N)c1O. The summed E-state index contributed by atoms with van der Waals surface area (Å²) < 4.78 is 5.73. The number of rotatable bonds is 2. The topological polar surface area (TPSA) is 55.5 Å². The lowest BCUT2D eigenvalue weighted by atomic mass is 10.1. The molecule has 13 heavy (non-hydrogen) atoms. The molecule has 1 rings (SSSR count). The summed E-state index contributed by atoms with van der Waals surface area (Å²) in [5, 5.41) is 9.71. The molecule has 0 fully saturated rings. The van der Waals surface area contributed by atoms with E-state index in [1.54, 1.807) is 12.1 Å². The van der Waals surface area contributed by atoms with Gasteiger partial charge in [-0.2, -0.15) is 0 Å². The Morgan fingerprint density at radius 1 is 1.54 bits per heavy atom. The third-order valence-corrected chi connectivity index (χ3v) is 2.43. The van der Waals surface area contributed by atoms with Gasteiger partial charge in [-0.25, -0.2) is 0 Å². The van der Waals surface area contributed by atoms with Gasteiger partial charge in [-0.05, 0) is 28.9 Å². The molecule has 0 aromatic heterocycles. The molecule has 0 amide bonds. The molecule has 0 spiro atoms. The van der Waals surface area contributed by atoms with E-state index in [0.717, 1.165) is 4.47 Å². The van der Waals surface area contributed by atoms with E-state index in [-0.39, 0.29) is 11.8 Å². The van der Waals surface area contributed by atoms with Gasteiger partial charge < -0.3 is 15.6 Å². The molecule has 3 N–H and O–H groups in total. The maximum absolute atomic E-state index is 9.71. The van der Waals surface area contributed by atoms with Crippen LogP contribution in [0.1, 0.15) is 18.5 Å². The molecular weight excluding hydrogens is 234 g/mol. The van der Waals surface area contributed by atoms with Crippen molar-refractivity contribution in [1.82, 2.24) is 0 Å². The van der Waals surface area contributed by atoms with Crippen LogP contribution in [0.3, 0.4) is 0 Å². The van der Waals surface area contributed by atoms with Crippen LogP contribution in [0.2, 0.25) is 0 Å². The molecule has 0 bridgehead atoms. The average Bonchev–Trinajstić information content (AvgIpc) is 2.04. The lowest BCUT2D eigenvalue weighted by Gasteiger charge is -2.12. The Morgan fingerprint density at radius 3 is 2.62 bits per heavy atom.